The molecule has 0 aliphatic rings. The monoisotopic (exact) mass is 268 g/mol. The van der Waals surface area contributed by atoms with Crippen LogP contribution in [-0.2, 0) is 19.5 Å². The lowest BCUT2D eigenvalue weighted by molar-refractivity contribution is -0.243. The largest absolute Gasteiger partial charge is 0.386 e. The molecule has 104 valence electrons. The van der Waals surface area contributed by atoms with Crippen LogP contribution in [0.1, 0.15) is 36.0 Å². The van der Waals surface area contributed by atoms with Gasteiger partial charge in [-0.3, -0.25) is 5.26 Å². The molecule has 0 bridgehead atoms. The standard InChI is InChI=1S/C13H16O6/c14-12(9-5-2-6-10-17-16)18-19-13(15)11-7-3-1-4-8-11/h1,3-4,7-8,16H,2,5-6,9-10H2. The Hall–Kier alpha value is -1.92. The number of hydrogen-bond donors (Lipinski definition) is 1. The molecule has 1 rings (SSSR count). The van der Waals surface area contributed by atoms with Crippen molar-refractivity contribution in [2.45, 2.75) is 25.7 Å². The van der Waals surface area contributed by atoms with Gasteiger partial charge in [-0.15, -0.1) is 0 Å². The van der Waals surface area contributed by atoms with E-state index in [1.54, 1.807) is 30.3 Å². The van der Waals surface area contributed by atoms with Gasteiger partial charge in [-0.1, -0.05) is 24.6 Å². The number of benzene rings is 1. The molecule has 0 atom stereocenters. The lowest BCUT2D eigenvalue weighted by Crippen LogP contribution is -2.11. The summed E-state index contributed by atoms with van der Waals surface area (Å²) in [4.78, 5) is 35.4. The summed E-state index contributed by atoms with van der Waals surface area (Å²) in [6.07, 6.45) is 2.08. The van der Waals surface area contributed by atoms with Crippen LogP contribution in [0, 0.1) is 0 Å². The van der Waals surface area contributed by atoms with Crippen molar-refractivity contribution >= 4 is 11.9 Å². The lowest BCUT2D eigenvalue weighted by atomic mass is 10.2. The zero-order chi connectivity index (χ0) is 13.9. The van der Waals surface area contributed by atoms with Crippen molar-refractivity contribution in [2.75, 3.05) is 6.61 Å². The number of rotatable bonds is 7. The van der Waals surface area contributed by atoms with Gasteiger partial charge in [0.2, 0.25) is 0 Å². The van der Waals surface area contributed by atoms with E-state index in [2.05, 4.69) is 14.7 Å². The first-order chi connectivity index (χ1) is 9.24. The molecule has 6 heteroatoms. The molecule has 0 aliphatic heterocycles. The molecule has 0 amide bonds. The highest BCUT2D eigenvalue weighted by Gasteiger charge is 2.11. The molecule has 0 aromatic heterocycles. The van der Waals surface area contributed by atoms with Gasteiger partial charge in [0.05, 0.1) is 18.6 Å². The zero-order valence-corrected chi connectivity index (χ0v) is 10.4. The summed E-state index contributed by atoms with van der Waals surface area (Å²) in [5, 5.41) is 8.08. The Labute approximate surface area is 110 Å². The second-order valence-electron chi connectivity index (χ2n) is 3.84. The Morgan fingerprint density at radius 1 is 1.00 bits per heavy atom. The molecule has 0 saturated carbocycles. The highest BCUT2D eigenvalue weighted by atomic mass is 17.2. The van der Waals surface area contributed by atoms with Crippen molar-refractivity contribution in [3.63, 3.8) is 0 Å². The van der Waals surface area contributed by atoms with Gasteiger partial charge in [-0.05, 0) is 25.0 Å². The first-order valence-corrected chi connectivity index (χ1v) is 5.97. The number of carbonyl (C=O) groups is 2. The molecule has 1 aromatic carbocycles. The average molecular weight is 268 g/mol. The van der Waals surface area contributed by atoms with Crippen molar-refractivity contribution in [2.24, 2.45) is 0 Å². The molecule has 0 radical (unpaired) electrons. The van der Waals surface area contributed by atoms with Gasteiger partial charge < -0.3 is 0 Å². The summed E-state index contributed by atoms with van der Waals surface area (Å²) in [6, 6.07) is 8.25. The van der Waals surface area contributed by atoms with Crippen LogP contribution in [-0.4, -0.2) is 23.8 Å². The van der Waals surface area contributed by atoms with E-state index in [-0.39, 0.29) is 13.0 Å². The second-order valence-corrected chi connectivity index (χ2v) is 3.84. The zero-order valence-electron chi connectivity index (χ0n) is 10.4. The van der Waals surface area contributed by atoms with Crippen molar-refractivity contribution in [1.29, 1.82) is 0 Å². The fourth-order valence-electron chi connectivity index (χ4n) is 1.36. The number of unbranched alkanes of at least 4 members (excludes halogenated alkanes) is 2. The SMILES string of the molecule is O=C(CCCCCOO)OOC(=O)c1ccccc1. The van der Waals surface area contributed by atoms with Gasteiger partial charge in [0.1, 0.15) is 0 Å². The normalized spacial score (nSPS) is 9.95. The molecule has 0 saturated heterocycles. The molecular formula is C13H16O6. The molecular weight excluding hydrogens is 252 g/mol. The van der Waals surface area contributed by atoms with Crippen molar-refractivity contribution in [3.8, 4) is 0 Å². The number of hydrogen-bond acceptors (Lipinski definition) is 6. The fraction of sp³-hybridized carbons (Fsp3) is 0.385. The van der Waals surface area contributed by atoms with Crippen LogP contribution < -0.4 is 0 Å². The van der Waals surface area contributed by atoms with E-state index in [0.29, 0.717) is 24.8 Å². The molecule has 0 fully saturated rings. The van der Waals surface area contributed by atoms with E-state index >= 15 is 0 Å². The highest BCUT2D eigenvalue weighted by Crippen LogP contribution is 2.04. The minimum atomic E-state index is -0.706. The van der Waals surface area contributed by atoms with Crippen LogP contribution in [0.2, 0.25) is 0 Å². The minimum Gasteiger partial charge on any atom is -0.252 e. The van der Waals surface area contributed by atoms with Gasteiger partial charge in [0.15, 0.2) is 0 Å². The summed E-state index contributed by atoms with van der Waals surface area (Å²) in [6.45, 7) is 0.234. The van der Waals surface area contributed by atoms with Crippen LogP contribution in [0.4, 0.5) is 0 Å². The van der Waals surface area contributed by atoms with Gasteiger partial charge in [0, 0.05) is 0 Å². The Morgan fingerprint density at radius 3 is 2.42 bits per heavy atom. The van der Waals surface area contributed by atoms with E-state index in [4.69, 9.17) is 5.26 Å². The van der Waals surface area contributed by atoms with Crippen molar-refractivity contribution < 1.29 is 29.5 Å². The van der Waals surface area contributed by atoms with Crippen LogP contribution in [0.25, 0.3) is 0 Å². The molecule has 0 aliphatic carbocycles. The molecule has 0 heterocycles. The molecule has 1 aromatic rings. The van der Waals surface area contributed by atoms with Crippen molar-refractivity contribution in [3.05, 3.63) is 35.9 Å². The Kier molecular flexibility index (Phi) is 7.23. The van der Waals surface area contributed by atoms with E-state index < -0.39 is 11.9 Å². The van der Waals surface area contributed by atoms with E-state index in [1.165, 1.54) is 0 Å². The second kappa shape index (κ2) is 9.07. The first-order valence-electron chi connectivity index (χ1n) is 5.97. The molecule has 0 unspecified atom stereocenters. The topological polar surface area (TPSA) is 82.1 Å². The third-order valence-corrected chi connectivity index (χ3v) is 2.34. The summed E-state index contributed by atoms with van der Waals surface area (Å²) in [5.74, 6) is -1.31. The van der Waals surface area contributed by atoms with Gasteiger partial charge >= 0.3 is 11.9 Å². The Bertz CT molecular complexity index is 389. The van der Waals surface area contributed by atoms with Gasteiger partial charge in [-0.25, -0.2) is 24.3 Å². The maximum absolute atomic E-state index is 11.4. The molecule has 1 N–H and O–H groups in total. The molecule has 19 heavy (non-hydrogen) atoms. The van der Waals surface area contributed by atoms with Gasteiger partial charge in [0.25, 0.3) is 0 Å². The Balaban J connectivity index is 2.15. The third-order valence-electron chi connectivity index (χ3n) is 2.34. The number of carbonyl (C=O) groups excluding carboxylic acids is 2. The van der Waals surface area contributed by atoms with Crippen LogP contribution >= 0.6 is 0 Å². The van der Waals surface area contributed by atoms with Crippen LogP contribution in [0.5, 0.6) is 0 Å². The molecule has 0 spiro atoms. The van der Waals surface area contributed by atoms with Gasteiger partial charge in [-0.2, -0.15) is 0 Å². The predicted molar refractivity (Wildman–Crippen MR) is 65.0 cm³/mol. The van der Waals surface area contributed by atoms with Crippen LogP contribution in [0.15, 0.2) is 30.3 Å². The van der Waals surface area contributed by atoms with Crippen LogP contribution in [0.3, 0.4) is 0 Å². The smallest absolute Gasteiger partial charge is 0.252 e. The van der Waals surface area contributed by atoms with Crippen molar-refractivity contribution in [1.82, 2.24) is 0 Å². The van der Waals surface area contributed by atoms with E-state index in [9.17, 15) is 9.59 Å². The van der Waals surface area contributed by atoms with E-state index in [0.717, 1.165) is 0 Å². The minimum absolute atomic E-state index is 0.146. The Morgan fingerprint density at radius 2 is 1.74 bits per heavy atom. The quantitative estimate of drug-likeness (QED) is 0.464. The first kappa shape index (κ1) is 15.1. The summed E-state index contributed by atoms with van der Waals surface area (Å²) < 4.78 is 0. The molecule has 6 nitrogen and oxygen atoms in total. The average Bonchev–Trinajstić information content (AvgIpc) is 2.45. The predicted octanol–water partition coefficient (Wildman–Crippen LogP) is 2.35. The summed E-state index contributed by atoms with van der Waals surface area (Å²) in [5.41, 5.74) is 0.315. The maximum atomic E-state index is 11.4. The summed E-state index contributed by atoms with van der Waals surface area (Å²) in [7, 11) is 0. The fourth-order valence-corrected chi connectivity index (χ4v) is 1.36. The highest BCUT2D eigenvalue weighted by molar-refractivity contribution is 5.89. The lowest BCUT2D eigenvalue weighted by Gasteiger charge is -2.03. The maximum Gasteiger partial charge on any atom is 0.386 e. The van der Waals surface area contributed by atoms with E-state index in [1.807, 2.05) is 0 Å². The third kappa shape index (κ3) is 6.54. The summed E-state index contributed by atoms with van der Waals surface area (Å²) >= 11 is 0.